The van der Waals surface area contributed by atoms with Crippen LogP contribution in [-0.2, 0) is 6.42 Å². The highest BCUT2D eigenvalue weighted by Crippen LogP contribution is 2.22. The molecule has 0 saturated carbocycles. The first-order valence-electron chi connectivity index (χ1n) is 5.49. The zero-order valence-electron chi connectivity index (χ0n) is 9.38. The van der Waals surface area contributed by atoms with E-state index in [4.69, 9.17) is 5.73 Å². The first-order valence-corrected chi connectivity index (χ1v) is 5.49. The summed E-state index contributed by atoms with van der Waals surface area (Å²) in [5.41, 5.74) is 9.72. The number of H-pyrrole nitrogens is 1. The molecular weight excluding hydrogens is 184 g/mol. The molecule has 0 aliphatic heterocycles. The number of rotatable bonds is 3. The number of aromatic nitrogens is 1. The predicted octanol–water partition coefficient (Wildman–Crippen LogP) is 2.76. The van der Waals surface area contributed by atoms with Gasteiger partial charge in [-0.25, -0.2) is 0 Å². The summed E-state index contributed by atoms with van der Waals surface area (Å²) in [7, 11) is 0. The molecular formula is C13H18N2. The molecule has 1 unspecified atom stereocenters. The minimum Gasteiger partial charge on any atom is -0.361 e. The Labute approximate surface area is 90.5 Å². The van der Waals surface area contributed by atoms with E-state index in [1.807, 2.05) is 0 Å². The van der Waals surface area contributed by atoms with E-state index in [-0.39, 0.29) is 6.04 Å². The Morgan fingerprint density at radius 2 is 2.20 bits per heavy atom. The van der Waals surface area contributed by atoms with Crippen molar-refractivity contribution in [1.29, 1.82) is 0 Å². The van der Waals surface area contributed by atoms with Gasteiger partial charge in [-0.2, -0.15) is 0 Å². The second-order valence-corrected chi connectivity index (χ2v) is 4.33. The van der Waals surface area contributed by atoms with Crippen molar-refractivity contribution in [2.45, 2.75) is 32.7 Å². The molecule has 80 valence electrons. The molecule has 0 amide bonds. The van der Waals surface area contributed by atoms with Crippen molar-refractivity contribution in [3.8, 4) is 0 Å². The Bertz CT molecular complexity index is 455. The van der Waals surface area contributed by atoms with Crippen LogP contribution >= 0.6 is 0 Å². The van der Waals surface area contributed by atoms with Crippen molar-refractivity contribution in [3.63, 3.8) is 0 Å². The highest BCUT2D eigenvalue weighted by Gasteiger charge is 2.05. The molecule has 2 heteroatoms. The normalized spacial score (nSPS) is 13.3. The van der Waals surface area contributed by atoms with Gasteiger partial charge in [0.05, 0.1) is 0 Å². The van der Waals surface area contributed by atoms with Gasteiger partial charge in [-0.1, -0.05) is 18.2 Å². The van der Waals surface area contributed by atoms with Crippen LogP contribution < -0.4 is 5.73 Å². The number of benzene rings is 1. The maximum Gasteiger partial charge on any atom is 0.0486 e. The van der Waals surface area contributed by atoms with Crippen LogP contribution in [-0.4, -0.2) is 11.0 Å². The molecule has 0 spiro atoms. The van der Waals surface area contributed by atoms with Crippen molar-refractivity contribution in [3.05, 3.63) is 35.5 Å². The number of hydrogen-bond acceptors (Lipinski definition) is 1. The molecule has 0 aliphatic carbocycles. The summed E-state index contributed by atoms with van der Waals surface area (Å²) in [6.45, 7) is 4.19. The van der Waals surface area contributed by atoms with Crippen molar-refractivity contribution in [1.82, 2.24) is 4.98 Å². The lowest BCUT2D eigenvalue weighted by Crippen LogP contribution is -2.15. The van der Waals surface area contributed by atoms with Gasteiger partial charge in [0.1, 0.15) is 0 Å². The van der Waals surface area contributed by atoms with Gasteiger partial charge in [-0.05, 0) is 37.8 Å². The lowest BCUT2D eigenvalue weighted by atomic mass is 10.0. The summed E-state index contributed by atoms with van der Waals surface area (Å²) in [4.78, 5) is 3.34. The number of para-hydroxylation sites is 1. The van der Waals surface area contributed by atoms with Crippen molar-refractivity contribution in [2.75, 3.05) is 0 Å². The van der Waals surface area contributed by atoms with E-state index in [2.05, 4.69) is 43.2 Å². The first-order chi connectivity index (χ1) is 7.18. The summed E-state index contributed by atoms with van der Waals surface area (Å²) < 4.78 is 0. The maximum absolute atomic E-state index is 5.77. The third-order valence-electron chi connectivity index (χ3n) is 2.88. The van der Waals surface area contributed by atoms with Crippen LogP contribution in [0.2, 0.25) is 0 Å². The number of fused-ring (bicyclic) bond motifs is 1. The van der Waals surface area contributed by atoms with E-state index < -0.39 is 0 Å². The maximum atomic E-state index is 5.77. The van der Waals surface area contributed by atoms with E-state index >= 15 is 0 Å². The van der Waals surface area contributed by atoms with Gasteiger partial charge in [0, 0.05) is 23.1 Å². The summed E-state index contributed by atoms with van der Waals surface area (Å²) in [6.07, 6.45) is 4.21. The number of aryl methyl sites for hydroxylation is 2. The van der Waals surface area contributed by atoms with Crippen LogP contribution in [0.3, 0.4) is 0 Å². The summed E-state index contributed by atoms with van der Waals surface area (Å²) in [5, 5.41) is 1.34. The van der Waals surface area contributed by atoms with Crippen LogP contribution in [0.15, 0.2) is 24.4 Å². The largest absolute Gasteiger partial charge is 0.361 e. The van der Waals surface area contributed by atoms with Gasteiger partial charge < -0.3 is 10.7 Å². The smallest absolute Gasteiger partial charge is 0.0486 e. The van der Waals surface area contributed by atoms with Crippen LogP contribution in [0, 0.1) is 6.92 Å². The average molecular weight is 202 g/mol. The molecule has 2 rings (SSSR count). The molecule has 1 aromatic heterocycles. The molecule has 3 N–H and O–H groups in total. The van der Waals surface area contributed by atoms with Crippen LogP contribution in [0.25, 0.3) is 10.9 Å². The van der Waals surface area contributed by atoms with Crippen molar-refractivity contribution in [2.24, 2.45) is 5.73 Å². The Morgan fingerprint density at radius 1 is 1.40 bits per heavy atom. The molecule has 1 heterocycles. The lowest BCUT2D eigenvalue weighted by molar-refractivity contribution is 0.668. The molecule has 0 aliphatic rings. The fourth-order valence-electron chi connectivity index (χ4n) is 1.95. The zero-order valence-corrected chi connectivity index (χ0v) is 9.38. The number of aromatic amines is 1. The molecule has 1 atom stereocenters. The Balaban J connectivity index is 2.33. The third kappa shape index (κ3) is 2.05. The molecule has 2 nitrogen and oxygen atoms in total. The topological polar surface area (TPSA) is 41.8 Å². The Morgan fingerprint density at radius 3 is 2.93 bits per heavy atom. The van der Waals surface area contributed by atoms with E-state index in [1.54, 1.807) is 0 Å². The van der Waals surface area contributed by atoms with E-state index in [9.17, 15) is 0 Å². The molecule has 1 aromatic carbocycles. The lowest BCUT2D eigenvalue weighted by Gasteiger charge is -2.03. The van der Waals surface area contributed by atoms with Gasteiger partial charge >= 0.3 is 0 Å². The van der Waals surface area contributed by atoms with Gasteiger partial charge in [0.2, 0.25) is 0 Å². The molecule has 0 fully saturated rings. The monoisotopic (exact) mass is 202 g/mol. The van der Waals surface area contributed by atoms with Gasteiger partial charge in [-0.15, -0.1) is 0 Å². The van der Waals surface area contributed by atoms with E-state index in [1.165, 1.54) is 22.0 Å². The minimum atomic E-state index is 0.278. The number of nitrogens with one attached hydrogen (secondary N) is 1. The van der Waals surface area contributed by atoms with Crippen LogP contribution in [0.4, 0.5) is 0 Å². The summed E-state index contributed by atoms with van der Waals surface area (Å²) >= 11 is 0. The zero-order chi connectivity index (χ0) is 10.8. The highest BCUT2D eigenvalue weighted by atomic mass is 14.7. The molecule has 0 saturated heterocycles. The molecule has 2 aromatic rings. The fourth-order valence-corrected chi connectivity index (χ4v) is 1.95. The third-order valence-corrected chi connectivity index (χ3v) is 2.88. The van der Waals surface area contributed by atoms with E-state index in [0.717, 1.165) is 12.8 Å². The summed E-state index contributed by atoms with van der Waals surface area (Å²) in [5.74, 6) is 0. The van der Waals surface area contributed by atoms with Crippen molar-refractivity contribution < 1.29 is 0 Å². The van der Waals surface area contributed by atoms with Gasteiger partial charge in [0.25, 0.3) is 0 Å². The Hall–Kier alpha value is -1.28. The second-order valence-electron chi connectivity index (χ2n) is 4.33. The molecule has 0 bridgehead atoms. The molecule has 0 radical (unpaired) electrons. The first kappa shape index (κ1) is 10.2. The second kappa shape index (κ2) is 4.07. The standard InChI is InChI=1S/C13H18N2/c1-9-4-3-5-12-11(7-6-10(2)14)8-15-13(9)12/h3-5,8,10,15H,6-7,14H2,1-2H3. The van der Waals surface area contributed by atoms with Crippen molar-refractivity contribution >= 4 is 10.9 Å². The fraction of sp³-hybridized carbons (Fsp3) is 0.385. The predicted molar refractivity (Wildman–Crippen MR) is 65.0 cm³/mol. The van der Waals surface area contributed by atoms with Gasteiger partial charge in [-0.3, -0.25) is 0 Å². The average Bonchev–Trinajstić information content (AvgIpc) is 2.59. The highest BCUT2D eigenvalue weighted by molar-refractivity contribution is 5.85. The molecule has 15 heavy (non-hydrogen) atoms. The number of nitrogens with two attached hydrogens (primary N) is 1. The minimum absolute atomic E-state index is 0.278. The van der Waals surface area contributed by atoms with E-state index in [0.29, 0.717) is 0 Å². The van der Waals surface area contributed by atoms with Crippen LogP contribution in [0.5, 0.6) is 0 Å². The quantitative estimate of drug-likeness (QED) is 0.789. The summed E-state index contributed by atoms with van der Waals surface area (Å²) in [6, 6.07) is 6.70. The van der Waals surface area contributed by atoms with Gasteiger partial charge in [0.15, 0.2) is 0 Å². The SMILES string of the molecule is Cc1cccc2c(CCC(C)N)c[nH]c12. The number of hydrogen-bond donors (Lipinski definition) is 2. The Kier molecular flexibility index (Phi) is 2.78. The van der Waals surface area contributed by atoms with Crippen LogP contribution in [0.1, 0.15) is 24.5 Å².